The topological polar surface area (TPSA) is 78.6 Å². The first-order valence-electron chi connectivity index (χ1n) is 6.61. The highest BCUT2D eigenvalue weighted by molar-refractivity contribution is 7.84. The average Bonchev–Trinajstić information content (AvgIpc) is 2.49. The van der Waals surface area contributed by atoms with Gasteiger partial charge in [0.25, 0.3) is 0 Å². The Labute approximate surface area is 131 Å². The van der Waals surface area contributed by atoms with Gasteiger partial charge in [0.1, 0.15) is 23.0 Å². The lowest BCUT2D eigenvalue weighted by Crippen LogP contribution is -2.20. The first-order chi connectivity index (χ1) is 10.6. The van der Waals surface area contributed by atoms with Crippen LogP contribution in [0.4, 0.5) is 0 Å². The van der Waals surface area contributed by atoms with Crippen molar-refractivity contribution in [3.05, 3.63) is 54.1 Å². The highest BCUT2D eigenvalue weighted by Crippen LogP contribution is 2.27. The predicted octanol–water partition coefficient (Wildman–Crippen LogP) is 2.22. The van der Waals surface area contributed by atoms with E-state index in [1.807, 2.05) is 18.2 Å². The summed E-state index contributed by atoms with van der Waals surface area (Å²) >= 11 is 0. The second-order valence-electron chi connectivity index (χ2n) is 4.58. The number of amides is 1. The van der Waals surface area contributed by atoms with Crippen molar-refractivity contribution < 1.29 is 18.5 Å². The predicted molar refractivity (Wildman–Crippen MR) is 85.4 cm³/mol. The molecule has 0 saturated heterocycles. The Morgan fingerprint density at radius 3 is 2.36 bits per heavy atom. The highest BCUT2D eigenvalue weighted by atomic mass is 32.2. The molecule has 2 aromatic rings. The van der Waals surface area contributed by atoms with Crippen LogP contribution in [0.3, 0.4) is 0 Å². The molecule has 0 aliphatic rings. The molecule has 0 aromatic heterocycles. The lowest BCUT2D eigenvalue weighted by molar-refractivity contribution is -0.115. The molecule has 0 bridgehead atoms. The molecular formula is C16H17NO4S. The number of nitrogens with two attached hydrogens (primary N) is 1. The summed E-state index contributed by atoms with van der Waals surface area (Å²) in [4.78, 5) is 10.8. The first kappa shape index (κ1) is 16.0. The molecule has 1 unspecified atom stereocenters. The lowest BCUT2D eigenvalue weighted by atomic mass is 10.2. The molecule has 2 N–H and O–H groups in total. The van der Waals surface area contributed by atoms with Gasteiger partial charge in [-0.05, 0) is 30.3 Å². The first-order valence-corrected chi connectivity index (χ1v) is 8.10. The number of para-hydroxylation sites is 1. The van der Waals surface area contributed by atoms with E-state index < -0.39 is 16.7 Å². The molecule has 5 nitrogen and oxygen atoms in total. The Bertz CT molecular complexity index is 670. The molecule has 2 rings (SSSR count). The summed E-state index contributed by atoms with van der Waals surface area (Å²) in [6, 6.07) is 14.4. The SMILES string of the molecule is COc1ccc(Oc2ccccc2CS(=O)CC(N)=O)cc1. The zero-order valence-electron chi connectivity index (χ0n) is 12.2. The molecule has 1 amide bonds. The molecule has 22 heavy (non-hydrogen) atoms. The second kappa shape index (κ2) is 7.61. The molecule has 2 aromatic carbocycles. The zero-order valence-corrected chi connectivity index (χ0v) is 13.0. The van der Waals surface area contributed by atoms with E-state index in [0.717, 1.165) is 11.3 Å². The van der Waals surface area contributed by atoms with Crippen LogP contribution in [0, 0.1) is 0 Å². The zero-order chi connectivity index (χ0) is 15.9. The quantitative estimate of drug-likeness (QED) is 0.849. The van der Waals surface area contributed by atoms with Crippen molar-refractivity contribution in [2.45, 2.75) is 5.75 Å². The van der Waals surface area contributed by atoms with Crippen LogP contribution in [-0.4, -0.2) is 23.0 Å². The van der Waals surface area contributed by atoms with Crippen LogP contribution in [-0.2, 0) is 21.3 Å². The smallest absolute Gasteiger partial charge is 0.230 e. The molecule has 0 spiro atoms. The van der Waals surface area contributed by atoms with Crippen LogP contribution in [0.2, 0.25) is 0 Å². The van der Waals surface area contributed by atoms with Crippen LogP contribution in [0.25, 0.3) is 0 Å². The minimum atomic E-state index is -1.35. The van der Waals surface area contributed by atoms with Gasteiger partial charge in [-0.2, -0.15) is 0 Å². The van der Waals surface area contributed by atoms with Crippen LogP contribution >= 0.6 is 0 Å². The summed E-state index contributed by atoms with van der Waals surface area (Å²) in [5.74, 6) is 1.47. The molecule has 0 aliphatic carbocycles. The summed E-state index contributed by atoms with van der Waals surface area (Å²) in [5, 5.41) is 0. The molecule has 116 valence electrons. The van der Waals surface area contributed by atoms with Crippen molar-refractivity contribution in [1.29, 1.82) is 0 Å². The molecule has 0 aliphatic heterocycles. The van der Waals surface area contributed by atoms with Gasteiger partial charge in [-0.15, -0.1) is 0 Å². The van der Waals surface area contributed by atoms with Gasteiger partial charge in [-0.3, -0.25) is 9.00 Å². The Hall–Kier alpha value is -2.34. The lowest BCUT2D eigenvalue weighted by Gasteiger charge is -2.11. The van der Waals surface area contributed by atoms with Gasteiger partial charge >= 0.3 is 0 Å². The van der Waals surface area contributed by atoms with E-state index >= 15 is 0 Å². The van der Waals surface area contributed by atoms with E-state index in [1.165, 1.54) is 0 Å². The summed E-state index contributed by atoms with van der Waals surface area (Å²) in [5.41, 5.74) is 5.82. The maximum absolute atomic E-state index is 11.8. The number of carbonyl (C=O) groups excluding carboxylic acids is 1. The largest absolute Gasteiger partial charge is 0.497 e. The van der Waals surface area contributed by atoms with Gasteiger partial charge in [0.15, 0.2) is 0 Å². The minimum Gasteiger partial charge on any atom is -0.497 e. The fourth-order valence-corrected chi connectivity index (χ4v) is 2.88. The summed E-state index contributed by atoms with van der Waals surface area (Å²) < 4.78 is 22.8. The number of rotatable bonds is 7. The van der Waals surface area contributed by atoms with Gasteiger partial charge in [-0.25, -0.2) is 0 Å². The van der Waals surface area contributed by atoms with Crippen molar-refractivity contribution in [3.8, 4) is 17.2 Å². The van der Waals surface area contributed by atoms with Gasteiger partial charge in [0.05, 0.1) is 12.9 Å². The van der Waals surface area contributed by atoms with Crippen LogP contribution in [0.1, 0.15) is 5.56 Å². The molecule has 1 atom stereocenters. The summed E-state index contributed by atoms with van der Waals surface area (Å²) in [7, 11) is 0.247. The van der Waals surface area contributed by atoms with E-state index in [1.54, 1.807) is 37.4 Å². The fraction of sp³-hybridized carbons (Fsp3) is 0.188. The number of carbonyl (C=O) groups is 1. The number of hydrogen-bond donors (Lipinski definition) is 1. The van der Waals surface area contributed by atoms with Crippen molar-refractivity contribution in [2.24, 2.45) is 5.73 Å². The maximum Gasteiger partial charge on any atom is 0.230 e. The number of ether oxygens (including phenoxy) is 2. The standard InChI is InChI=1S/C16H17NO4S/c1-20-13-6-8-14(9-7-13)21-15-5-3-2-4-12(15)10-22(19)11-16(17)18/h2-9H,10-11H2,1H3,(H2,17,18). The van der Waals surface area contributed by atoms with E-state index in [9.17, 15) is 9.00 Å². The molecular weight excluding hydrogens is 302 g/mol. The minimum absolute atomic E-state index is 0.156. The number of methoxy groups -OCH3 is 1. The third-order valence-electron chi connectivity index (χ3n) is 2.88. The Kier molecular flexibility index (Phi) is 5.55. The second-order valence-corrected chi connectivity index (χ2v) is 6.04. The Morgan fingerprint density at radius 1 is 1.09 bits per heavy atom. The van der Waals surface area contributed by atoms with Gasteiger partial charge in [-0.1, -0.05) is 18.2 Å². The fourth-order valence-electron chi connectivity index (χ4n) is 1.88. The summed E-state index contributed by atoms with van der Waals surface area (Å²) in [6.07, 6.45) is 0. The van der Waals surface area contributed by atoms with E-state index in [-0.39, 0.29) is 11.5 Å². The molecule has 0 saturated carbocycles. The van der Waals surface area contributed by atoms with Crippen LogP contribution in [0.5, 0.6) is 17.2 Å². The normalized spacial score (nSPS) is 11.7. The maximum atomic E-state index is 11.8. The van der Waals surface area contributed by atoms with Gasteiger partial charge in [0.2, 0.25) is 5.91 Å². The molecule has 6 heteroatoms. The van der Waals surface area contributed by atoms with E-state index in [0.29, 0.717) is 11.5 Å². The third kappa shape index (κ3) is 4.60. The van der Waals surface area contributed by atoms with Crippen molar-refractivity contribution in [3.63, 3.8) is 0 Å². The summed E-state index contributed by atoms with van der Waals surface area (Å²) in [6.45, 7) is 0. The number of benzene rings is 2. The molecule has 0 fully saturated rings. The van der Waals surface area contributed by atoms with Crippen molar-refractivity contribution in [2.75, 3.05) is 12.9 Å². The number of primary amides is 1. The van der Waals surface area contributed by atoms with E-state index in [2.05, 4.69) is 0 Å². The number of hydrogen-bond acceptors (Lipinski definition) is 4. The van der Waals surface area contributed by atoms with Crippen molar-refractivity contribution in [1.82, 2.24) is 0 Å². The third-order valence-corrected chi connectivity index (χ3v) is 4.12. The van der Waals surface area contributed by atoms with Gasteiger partial charge in [0, 0.05) is 16.4 Å². The Balaban J connectivity index is 2.13. The monoisotopic (exact) mass is 319 g/mol. The van der Waals surface area contributed by atoms with Crippen molar-refractivity contribution >= 4 is 16.7 Å². The average molecular weight is 319 g/mol. The molecule has 0 radical (unpaired) electrons. The molecule has 0 heterocycles. The Morgan fingerprint density at radius 2 is 1.73 bits per heavy atom. The van der Waals surface area contributed by atoms with E-state index in [4.69, 9.17) is 15.2 Å². The van der Waals surface area contributed by atoms with Crippen LogP contribution in [0.15, 0.2) is 48.5 Å². The van der Waals surface area contributed by atoms with Crippen LogP contribution < -0.4 is 15.2 Å². The highest BCUT2D eigenvalue weighted by Gasteiger charge is 2.10. The van der Waals surface area contributed by atoms with Gasteiger partial charge < -0.3 is 15.2 Å².